The summed E-state index contributed by atoms with van der Waals surface area (Å²) >= 11 is 0. The molecule has 1 N–H and O–H groups in total. The molecule has 0 aromatic heterocycles. The van der Waals surface area contributed by atoms with Crippen molar-refractivity contribution in [3.8, 4) is 0 Å². The smallest absolute Gasteiger partial charge is 0.243 e. The molecule has 2 aliphatic rings. The molecule has 0 aliphatic carbocycles. The average molecular weight is 458 g/mol. The second-order valence-corrected chi connectivity index (χ2v) is 10.2. The van der Waals surface area contributed by atoms with Crippen LogP contribution in [0.2, 0.25) is 0 Å². The van der Waals surface area contributed by atoms with Crippen molar-refractivity contribution >= 4 is 27.3 Å². The normalized spacial score (nSPS) is 18.5. The molecule has 0 spiro atoms. The van der Waals surface area contributed by atoms with Crippen molar-refractivity contribution in [1.29, 1.82) is 0 Å². The van der Waals surface area contributed by atoms with Gasteiger partial charge in [-0.25, -0.2) is 8.42 Å². The maximum Gasteiger partial charge on any atom is 0.243 e. The summed E-state index contributed by atoms with van der Waals surface area (Å²) in [4.78, 5) is 15.7. The highest BCUT2D eigenvalue weighted by Crippen LogP contribution is 2.33. The molecule has 2 aliphatic heterocycles. The third-order valence-corrected chi connectivity index (χ3v) is 8.10. The van der Waals surface area contributed by atoms with Gasteiger partial charge in [-0.2, -0.15) is 4.31 Å². The first kappa shape index (κ1) is 22.8. The maximum absolute atomic E-state index is 13.3. The number of rotatable bonds is 7. The number of ether oxygens (including phenoxy) is 1. The van der Waals surface area contributed by atoms with E-state index in [1.807, 2.05) is 43.3 Å². The molecule has 7 nitrogen and oxygen atoms in total. The summed E-state index contributed by atoms with van der Waals surface area (Å²) < 4.78 is 33.2. The van der Waals surface area contributed by atoms with Gasteiger partial charge in [0.1, 0.15) is 0 Å². The molecule has 0 unspecified atom stereocenters. The van der Waals surface area contributed by atoms with Crippen LogP contribution in [0.3, 0.4) is 0 Å². The van der Waals surface area contributed by atoms with Gasteiger partial charge in [0.25, 0.3) is 0 Å². The van der Waals surface area contributed by atoms with Gasteiger partial charge in [0.05, 0.1) is 35.4 Å². The number of morpholine rings is 1. The van der Waals surface area contributed by atoms with Crippen molar-refractivity contribution in [2.24, 2.45) is 0 Å². The van der Waals surface area contributed by atoms with E-state index in [4.69, 9.17) is 4.74 Å². The highest BCUT2D eigenvalue weighted by atomic mass is 32.2. The van der Waals surface area contributed by atoms with Crippen LogP contribution in [-0.4, -0.2) is 58.0 Å². The first-order valence-corrected chi connectivity index (χ1v) is 12.8. The van der Waals surface area contributed by atoms with Crippen LogP contribution in [-0.2, 0) is 19.6 Å². The lowest BCUT2D eigenvalue weighted by Crippen LogP contribution is -2.40. The Bertz CT molecular complexity index is 1030. The number of anilines is 2. The molecule has 0 saturated carbocycles. The standard InChI is InChI=1S/C24H31N3O4S/c1-2-21(19-8-4-3-5-9-19)24(28)25-22-18-20(10-11-23(22)26-12-6-7-13-26)32(29,30)27-14-16-31-17-15-27/h3-5,8-11,18,21H,2,6-7,12-17H2,1H3,(H,25,28)/t21-/m1/s1. The molecule has 1 atom stereocenters. The molecule has 2 aromatic rings. The van der Waals surface area contributed by atoms with Crippen molar-refractivity contribution in [2.45, 2.75) is 37.0 Å². The number of hydrogen-bond acceptors (Lipinski definition) is 5. The number of hydrogen-bond donors (Lipinski definition) is 1. The van der Waals surface area contributed by atoms with Crippen molar-refractivity contribution in [2.75, 3.05) is 49.6 Å². The minimum absolute atomic E-state index is 0.125. The Morgan fingerprint density at radius 2 is 1.72 bits per heavy atom. The SMILES string of the molecule is CC[C@@H](C(=O)Nc1cc(S(=O)(=O)N2CCOCC2)ccc1N1CCCC1)c1ccccc1. The third kappa shape index (κ3) is 4.82. The van der Waals surface area contributed by atoms with Crippen molar-refractivity contribution in [1.82, 2.24) is 4.31 Å². The fourth-order valence-electron chi connectivity index (χ4n) is 4.42. The van der Waals surface area contributed by atoms with Crippen LogP contribution >= 0.6 is 0 Å². The van der Waals surface area contributed by atoms with Crippen LogP contribution < -0.4 is 10.2 Å². The largest absolute Gasteiger partial charge is 0.379 e. The van der Waals surface area contributed by atoms with Gasteiger partial charge in [-0.15, -0.1) is 0 Å². The van der Waals surface area contributed by atoms with E-state index in [0.29, 0.717) is 38.4 Å². The van der Waals surface area contributed by atoms with Crippen LogP contribution in [0.5, 0.6) is 0 Å². The van der Waals surface area contributed by atoms with Crippen molar-refractivity contribution in [3.63, 3.8) is 0 Å². The van der Waals surface area contributed by atoms with Crippen LogP contribution in [0, 0.1) is 0 Å². The minimum atomic E-state index is -3.66. The van der Waals surface area contributed by atoms with Crippen LogP contribution in [0.4, 0.5) is 11.4 Å². The Labute approximate surface area is 190 Å². The highest BCUT2D eigenvalue weighted by molar-refractivity contribution is 7.89. The number of amides is 1. The van der Waals surface area contributed by atoms with E-state index in [2.05, 4.69) is 10.2 Å². The number of sulfonamides is 1. The van der Waals surface area contributed by atoms with Gasteiger partial charge < -0.3 is 15.0 Å². The quantitative estimate of drug-likeness (QED) is 0.689. The predicted molar refractivity (Wildman–Crippen MR) is 126 cm³/mol. The summed E-state index contributed by atoms with van der Waals surface area (Å²) in [6.07, 6.45) is 2.83. The zero-order valence-corrected chi connectivity index (χ0v) is 19.3. The van der Waals surface area contributed by atoms with E-state index < -0.39 is 10.0 Å². The average Bonchev–Trinajstić information content (AvgIpc) is 3.35. The molecule has 0 bridgehead atoms. The zero-order valence-electron chi connectivity index (χ0n) is 18.5. The summed E-state index contributed by atoms with van der Waals surface area (Å²) in [5.41, 5.74) is 2.38. The Morgan fingerprint density at radius 1 is 1.03 bits per heavy atom. The predicted octanol–water partition coefficient (Wildman–Crippen LogP) is 3.44. The molecule has 1 amide bonds. The van der Waals surface area contributed by atoms with E-state index >= 15 is 0 Å². The Morgan fingerprint density at radius 3 is 2.38 bits per heavy atom. The number of benzene rings is 2. The summed E-state index contributed by atoms with van der Waals surface area (Å²) in [7, 11) is -3.66. The Kier molecular flexibility index (Phi) is 7.13. The van der Waals surface area contributed by atoms with Crippen LogP contribution in [0.1, 0.15) is 37.7 Å². The monoisotopic (exact) mass is 457 g/mol. The molecular weight excluding hydrogens is 426 g/mol. The van der Waals surface area contributed by atoms with Crippen molar-refractivity contribution < 1.29 is 17.9 Å². The van der Waals surface area contributed by atoms with E-state index in [1.54, 1.807) is 12.1 Å². The summed E-state index contributed by atoms with van der Waals surface area (Å²) in [5, 5.41) is 3.06. The maximum atomic E-state index is 13.3. The first-order valence-electron chi connectivity index (χ1n) is 11.3. The second kappa shape index (κ2) is 10.0. The van der Waals surface area contributed by atoms with E-state index in [0.717, 1.165) is 37.2 Å². The molecule has 172 valence electrons. The van der Waals surface area contributed by atoms with Gasteiger partial charge in [0.15, 0.2) is 0 Å². The Hall–Kier alpha value is -2.42. The molecule has 32 heavy (non-hydrogen) atoms. The summed E-state index contributed by atoms with van der Waals surface area (Å²) in [5.74, 6) is -0.429. The Balaban J connectivity index is 1.66. The van der Waals surface area contributed by atoms with Gasteiger partial charge in [0.2, 0.25) is 15.9 Å². The fraction of sp³-hybridized carbons (Fsp3) is 0.458. The van der Waals surface area contributed by atoms with Gasteiger partial charge in [-0.3, -0.25) is 4.79 Å². The topological polar surface area (TPSA) is 79.0 Å². The lowest BCUT2D eigenvalue weighted by molar-refractivity contribution is -0.117. The summed E-state index contributed by atoms with van der Waals surface area (Å²) in [6.45, 7) is 5.24. The van der Waals surface area contributed by atoms with E-state index in [1.165, 1.54) is 4.31 Å². The molecule has 2 aromatic carbocycles. The van der Waals surface area contributed by atoms with E-state index in [-0.39, 0.29) is 16.7 Å². The minimum Gasteiger partial charge on any atom is -0.379 e. The fourth-order valence-corrected chi connectivity index (χ4v) is 5.86. The lowest BCUT2D eigenvalue weighted by Gasteiger charge is -2.27. The van der Waals surface area contributed by atoms with Crippen LogP contribution in [0.25, 0.3) is 0 Å². The van der Waals surface area contributed by atoms with Gasteiger partial charge >= 0.3 is 0 Å². The molecule has 8 heteroatoms. The van der Waals surface area contributed by atoms with Crippen LogP contribution in [0.15, 0.2) is 53.4 Å². The van der Waals surface area contributed by atoms with Crippen molar-refractivity contribution in [3.05, 3.63) is 54.1 Å². The number of nitrogens with one attached hydrogen (secondary N) is 1. The summed E-state index contributed by atoms with van der Waals surface area (Å²) in [6, 6.07) is 14.8. The molecule has 4 rings (SSSR count). The molecular formula is C24H31N3O4S. The lowest BCUT2D eigenvalue weighted by atomic mass is 9.95. The van der Waals surface area contributed by atoms with Gasteiger partial charge in [-0.05, 0) is 43.0 Å². The zero-order chi connectivity index (χ0) is 22.6. The van der Waals surface area contributed by atoms with Gasteiger partial charge in [0, 0.05) is 26.2 Å². The van der Waals surface area contributed by atoms with E-state index in [9.17, 15) is 13.2 Å². The first-order chi connectivity index (χ1) is 15.5. The molecule has 0 radical (unpaired) electrons. The molecule has 2 heterocycles. The second-order valence-electron chi connectivity index (χ2n) is 8.25. The molecule has 2 fully saturated rings. The molecule has 2 saturated heterocycles. The number of carbonyl (C=O) groups is 1. The van der Waals surface area contributed by atoms with Gasteiger partial charge in [-0.1, -0.05) is 37.3 Å². The third-order valence-electron chi connectivity index (χ3n) is 6.21. The number of nitrogens with zero attached hydrogens (tertiary/aromatic N) is 2. The number of carbonyl (C=O) groups excluding carboxylic acids is 1. The highest BCUT2D eigenvalue weighted by Gasteiger charge is 2.29.